The first-order valence-electron chi connectivity index (χ1n) is 6.53. The minimum absolute atomic E-state index is 0.0360. The number of aliphatic hydroxyl groups excluding tert-OH is 1. The van der Waals surface area contributed by atoms with E-state index in [0.29, 0.717) is 0 Å². The number of piperidine rings is 1. The van der Waals surface area contributed by atoms with Crippen molar-refractivity contribution in [1.82, 2.24) is 0 Å². The van der Waals surface area contributed by atoms with E-state index in [0.717, 1.165) is 37.3 Å². The number of benzene rings is 1. The second-order valence-corrected chi connectivity index (χ2v) is 4.66. The Hall–Kier alpha value is -2.50. The van der Waals surface area contributed by atoms with Gasteiger partial charge in [0.1, 0.15) is 17.7 Å². The summed E-state index contributed by atoms with van der Waals surface area (Å²) < 4.78 is 0. The van der Waals surface area contributed by atoms with E-state index in [1.807, 2.05) is 36.4 Å². The molecule has 0 amide bonds. The highest BCUT2D eigenvalue weighted by Crippen LogP contribution is 2.28. The molecular formula is C15H16N4O. The van der Waals surface area contributed by atoms with Gasteiger partial charge in [0.2, 0.25) is 0 Å². The molecule has 0 atom stereocenters. The van der Waals surface area contributed by atoms with Crippen LogP contribution in [0.2, 0.25) is 0 Å². The summed E-state index contributed by atoms with van der Waals surface area (Å²) in [5.41, 5.74) is 1.91. The van der Waals surface area contributed by atoms with Gasteiger partial charge in [0.25, 0.3) is 0 Å². The number of anilines is 2. The highest BCUT2D eigenvalue weighted by molar-refractivity contribution is 5.71. The van der Waals surface area contributed by atoms with Crippen LogP contribution in [0.25, 0.3) is 0 Å². The van der Waals surface area contributed by atoms with E-state index < -0.39 is 0 Å². The summed E-state index contributed by atoms with van der Waals surface area (Å²) in [6.45, 7) is 1.60. The van der Waals surface area contributed by atoms with Gasteiger partial charge in [-0.2, -0.15) is 10.5 Å². The first-order chi connectivity index (χ1) is 9.74. The maximum absolute atomic E-state index is 9.56. The summed E-state index contributed by atoms with van der Waals surface area (Å²) in [6.07, 6.45) is 2.71. The molecule has 1 saturated heterocycles. The van der Waals surface area contributed by atoms with Gasteiger partial charge in [-0.15, -0.1) is 0 Å². The van der Waals surface area contributed by atoms with E-state index in [1.165, 1.54) is 6.20 Å². The van der Waals surface area contributed by atoms with Crippen LogP contribution in [0, 0.1) is 22.7 Å². The molecule has 1 aromatic rings. The Balaban J connectivity index is 2.17. The lowest BCUT2D eigenvalue weighted by molar-refractivity contribution is 0.145. The standard InChI is InChI=1S/C15H16N4O/c16-9-12(10-17)11-18-14-3-1-2-4-15(14)19-7-5-13(20)6-8-19/h1-4,11,13,18,20H,5-8H2. The van der Waals surface area contributed by atoms with Crippen LogP contribution in [0.4, 0.5) is 11.4 Å². The summed E-state index contributed by atoms with van der Waals surface area (Å²) in [4.78, 5) is 2.20. The van der Waals surface area contributed by atoms with E-state index in [9.17, 15) is 5.11 Å². The average molecular weight is 268 g/mol. The van der Waals surface area contributed by atoms with Crippen molar-refractivity contribution in [2.75, 3.05) is 23.3 Å². The lowest BCUT2D eigenvalue weighted by atomic mass is 10.1. The van der Waals surface area contributed by atoms with Gasteiger partial charge >= 0.3 is 0 Å². The molecule has 1 aliphatic rings. The topological polar surface area (TPSA) is 83.1 Å². The van der Waals surface area contributed by atoms with Crippen molar-refractivity contribution < 1.29 is 5.11 Å². The van der Waals surface area contributed by atoms with Gasteiger partial charge in [0.05, 0.1) is 17.5 Å². The van der Waals surface area contributed by atoms with E-state index >= 15 is 0 Å². The number of nitrogens with zero attached hydrogens (tertiary/aromatic N) is 3. The number of hydrogen-bond acceptors (Lipinski definition) is 5. The summed E-state index contributed by atoms with van der Waals surface area (Å²) in [7, 11) is 0. The largest absolute Gasteiger partial charge is 0.393 e. The second kappa shape index (κ2) is 6.60. The molecule has 102 valence electrons. The van der Waals surface area contributed by atoms with Crippen LogP contribution in [-0.4, -0.2) is 24.3 Å². The molecule has 0 unspecified atom stereocenters. The summed E-state index contributed by atoms with van der Waals surface area (Å²) in [5, 5.41) is 30.0. The highest BCUT2D eigenvalue weighted by atomic mass is 16.3. The van der Waals surface area contributed by atoms with Crippen LogP contribution >= 0.6 is 0 Å². The number of rotatable bonds is 3. The lowest BCUT2D eigenvalue weighted by Crippen LogP contribution is -2.36. The third kappa shape index (κ3) is 3.28. The van der Waals surface area contributed by atoms with Crippen LogP contribution in [-0.2, 0) is 0 Å². The molecule has 0 spiro atoms. The number of nitrogens with one attached hydrogen (secondary N) is 1. The van der Waals surface area contributed by atoms with Gasteiger partial charge in [-0.05, 0) is 25.0 Å². The summed E-state index contributed by atoms with van der Waals surface area (Å²) in [5.74, 6) is 0. The smallest absolute Gasteiger partial charge is 0.145 e. The van der Waals surface area contributed by atoms with E-state index in [1.54, 1.807) is 0 Å². The highest BCUT2D eigenvalue weighted by Gasteiger charge is 2.18. The fourth-order valence-electron chi connectivity index (χ4n) is 2.22. The molecule has 1 heterocycles. The van der Waals surface area contributed by atoms with Crippen LogP contribution in [0.3, 0.4) is 0 Å². The van der Waals surface area contributed by atoms with E-state index in [2.05, 4.69) is 10.2 Å². The zero-order chi connectivity index (χ0) is 14.4. The normalized spacial score (nSPS) is 15.1. The molecule has 1 fully saturated rings. The minimum Gasteiger partial charge on any atom is -0.393 e. The van der Waals surface area contributed by atoms with Crippen LogP contribution in [0.15, 0.2) is 36.0 Å². The zero-order valence-electron chi connectivity index (χ0n) is 11.1. The molecule has 5 heteroatoms. The van der Waals surface area contributed by atoms with Crippen LogP contribution in [0.1, 0.15) is 12.8 Å². The minimum atomic E-state index is -0.213. The molecule has 0 aliphatic carbocycles. The molecule has 20 heavy (non-hydrogen) atoms. The number of para-hydroxylation sites is 2. The zero-order valence-corrected chi connectivity index (χ0v) is 11.1. The molecule has 2 N–H and O–H groups in total. The van der Waals surface area contributed by atoms with Crippen molar-refractivity contribution in [2.24, 2.45) is 0 Å². The maximum Gasteiger partial charge on any atom is 0.145 e. The van der Waals surface area contributed by atoms with Crippen molar-refractivity contribution in [1.29, 1.82) is 10.5 Å². The van der Waals surface area contributed by atoms with Gasteiger partial charge in [-0.25, -0.2) is 0 Å². The van der Waals surface area contributed by atoms with Crippen molar-refractivity contribution in [3.63, 3.8) is 0 Å². The fourth-order valence-corrected chi connectivity index (χ4v) is 2.22. The summed E-state index contributed by atoms with van der Waals surface area (Å²) in [6, 6.07) is 11.4. The molecular weight excluding hydrogens is 252 g/mol. The van der Waals surface area contributed by atoms with Gasteiger partial charge in [-0.1, -0.05) is 12.1 Å². The number of nitriles is 2. The molecule has 0 saturated carbocycles. The van der Waals surface area contributed by atoms with E-state index in [4.69, 9.17) is 10.5 Å². The van der Waals surface area contributed by atoms with Gasteiger partial charge in [0, 0.05) is 19.3 Å². The van der Waals surface area contributed by atoms with Crippen molar-refractivity contribution in [2.45, 2.75) is 18.9 Å². The third-order valence-electron chi connectivity index (χ3n) is 3.32. The van der Waals surface area contributed by atoms with E-state index in [-0.39, 0.29) is 11.7 Å². The van der Waals surface area contributed by atoms with Crippen molar-refractivity contribution in [3.05, 3.63) is 36.0 Å². The molecule has 5 nitrogen and oxygen atoms in total. The SMILES string of the molecule is N#CC(C#N)=CNc1ccccc1N1CCC(O)CC1. The van der Waals surface area contributed by atoms with Gasteiger partial charge < -0.3 is 15.3 Å². The van der Waals surface area contributed by atoms with Gasteiger partial charge in [0.15, 0.2) is 0 Å². The Morgan fingerprint density at radius 2 is 1.90 bits per heavy atom. The molecule has 0 aromatic heterocycles. The Bertz CT molecular complexity index is 558. The fraction of sp³-hybridized carbons (Fsp3) is 0.333. The summed E-state index contributed by atoms with van der Waals surface area (Å²) >= 11 is 0. The quantitative estimate of drug-likeness (QED) is 0.819. The number of allylic oxidation sites excluding steroid dienone is 1. The maximum atomic E-state index is 9.56. The number of aliphatic hydroxyl groups is 1. The Kier molecular flexibility index (Phi) is 4.60. The van der Waals surface area contributed by atoms with Gasteiger partial charge in [-0.3, -0.25) is 0 Å². The predicted octanol–water partition coefficient (Wildman–Crippen LogP) is 1.99. The molecule has 0 bridgehead atoms. The van der Waals surface area contributed by atoms with Crippen molar-refractivity contribution in [3.8, 4) is 12.1 Å². The Morgan fingerprint density at radius 1 is 1.25 bits per heavy atom. The Morgan fingerprint density at radius 3 is 2.55 bits per heavy atom. The molecule has 2 rings (SSSR count). The lowest BCUT2D eigenvalue weighted by Gasteiger charge is -2.32. The number of hydrogen-bond donors (Lipinski definition) is 2. The Labute approximate surface area is 118 Å². The first-order valence-corrected chi connectivity index (χ1v) is 6.53. The molecule has 1 aliphatic heterocycles. The third-order valence-corrected chi connectivity index (χ3v) is 3.32. The van der Waals surface area contributed by atoms with Crippen LogP contribution in [0.5, 0.6) is 0 Å². The van der Waals surface area contributed by atoms with Crippen LogP contribution < -0.4 is 10.2 Å². The first kappa shape index (κ1) is 13.9. The molecule has 1 aromatic carbocycles. The average Bonchev–Trinajstić information content (AvgIpc) is 2.50. The molecule has 0 radical (unpaired) electrons. The van der Waals surface area contributed by atoms with Crippen molar-refractivity contribution >= 4 is 11.4 Å². The second-order valence-electron chi connectivity index (χ2n) is 4.66. The monoisotopic (exact) mass is 268 g/mol. The predicted molar refractivity (Wildman–Crippen MR) is 76.8 cm³/mol.